The van der Waals surface area contributed by atoms with Crippen molar-refractivity contribution in [3.8, 4) is 0 Å². The molecule has 0 saturated carbocycles. The van der Waals surface area contributed by atoms with Crippen LogP contribution in [0.15, 0.2) is 30.0 Å². The molecule has 0 fully saturated rings. The summed E-state index contributed by atoms with van der Waals surface area (Å²) in [7, 11) is 1.26. The summed E-state index contributed by atoms with van der Waals surface area (Å²) in [6.07, 6.45) is 0. The lowest BCUT2D eigenvalue weighted by atomic mass is 9.97. The Bertz CT molecular complexity index is 700. The van der Waals surface area contributed by atoms with E-state index in [0.717, 1.165) is 0 Å². The normalized spacial score (nSPS) is 13.5. The Morgan fingerprint density at radius 2 is 1.96 bits per heavy atom. The summed E-state index contributed by atoms with van der Waals surface area (Å²) in [5.41, 5.74) is 0.954. The number of esters is 2. The van der Waals surface area contributed by atoms with Crippen LogP contribution in [0.2, 0.25) is 0 Å². The van der Waals surface area contributed by atoms with E-state index >= 15 is 0 Å². The van der Waals surface area contributed by atoms with Gasteiger partial charge in [-0.3, -0.25) is 14.5 Å². The van der Waals surface area contributed by atoms with Gasteiger partial charge >= 0.3 is 11.9 Å². The maximum absolute atomic E-state index is 12.2. The minimum atomic E-state index is -0.571. The van der Waals surface area contributed by atoms with Crippen LogP contribution in [0.3, 0.4) is 0 Å². The number of rotatable bonds is 7. The van der Waals surface area contributed by atoms with Crippen molar-refractivity contribution < 1.29 is 28.6 Å². The molecule has 128 valence electrons. The van der Waals surface area contributed by atoms with Crippen LogP contribution in [0.1, 0.15) is 22.8 Å². The highest BCUT2D eigenvalue weighted by Gasteiger charge is 2.41. The highest BCUT2D eigenvalue weighted by Crippen LogP contribution is 2.36. The lowest BCUT2D eigenvalue weighted by Crippen LogP contribution is -2.45. The van der Waals surface area contributed by atoms with Crippen LogP contribution in [0.5, 0.6) is 0 Å². The average molecular weight is 354 g/mol. The van der Waals surface area contributed by atoms with Crippen molar-refractivity contribution in [3.05, 3.63) is 41.2 Å². The summed E-state index contributed by atoms with van der Waals surface area (Å²) < 4.78 is 14.8. The van der Waals surface area contributed by atoms with Gasteiger partial charge in [0.05, 0.1) is 19.3 Å². The zero-order valence-corrected chi connectivity index (χ0v) is 14.0. The van der Waals surface area contributed by atoms with Crippen molar-refractivity contribution in [3.63, 3.8) is 0 Å². The van der Waals surface area contributed by atoms with Crippen molar-refractivity contribution in [2.45, 2.75) is 6.92 Å². The van der Waals surface area contributed by atoms with E-state index in [0.29, 0.717) is 11.3 Å². The molecule has 0 aliphatic carbocycles. The number of carbonyl (C=O) groups is 3. The van der Waals surface area contributed by atoms with E-state index in [-0.39, 0.29) is 30.5 Å². The summed E-state index contributed by atoms with van der Waals surface area (Å²) >= 11 is 5.55. The summed E-state index contributed by atoms with van der Waals surface area (Å²) in [6.45, 7) is 1.58. The van der Waals surface area contributed by atoms with E-state index in [1.54, 1.807) is 31.2 Å². The minimum Gasteiger partial charge on any atom is -0.470 e. The molecule has 0 atom stereocenters. The molecule has 0 saturated heterocycles. The largest absolute Gasteiger partial charge is 0.470 e. The molecule has 0 radical (unpaired) electrons. The zero-order valence-electron chi connectivity index (χ0n) is 13.2. The van der Waals surface area contributed by atoms with Crippen LogP contribution in [-0.2, 0) is 23.8 Å². The standard InChI is InChI=1S/C16H16ClNO6/c1-3-23-12(19)8-18-13(14(15(18)20)24-9-17)10-6-4-5-7-11(10)16(21)22-2/h4-7H,3,8-9H2,1-2H3. The predicted octanol–water partition coefficient (Wildman–Crippen LogP) is 1.76. The molecule has 0 bridgehead atoms. The van der Waals surface area contributed by atoms with Crippen LogP contribution in [0.4, 0.5) is 0 Å². The number of benzene rings is 1. The molecule has 1 heterocycles. The van der Waals surface area contributed by atoms with E-state index in [2.05, 4.69) is 0 Å². The molecule has 0 N–H and O–H groups in total. The molecule has 7 nitrogen and oxygen atoms in total. The summed E-state index contributed by atoms with van der Waals surface area (Å²) in [5, 5.41) is 0. The second-order valence-electron chi connectivity index (χ2n) is 4.66. The highest BCUT2D eigenvalue weighted by atomic mass is 35.5. The van der Waals surface area contributed by atoms with Crippen LogP contribution >= 0.6 is 11.6 Å². The van der Waals surface area contributed by atoms with Gasteiger partial charge in [0.15, 0.2) is 6.07 Å². The fourth-order valence-corrected chi connectivity index (χ4v) is 2.42. The summed E-state index contributed by atoms with van der Waals surface area (Å²) in [4.78, 5) is 37.0. The lowest BCUT2D eigenvalue weighted by molar-refractivity contribution is -0.148. The first-order chi connectivity index (χ1) is 11.5. The molecule has 0 unspecified atom stereocenters. The summed E-state index contributed by atoms with van der Waals surface area (Å²) in [6, 6.07) is 6.30. The third-order valence-corrected chi connectivity index (χ3v) is 3.41. The Hall–Kier alpha value is -2.54. The van der Waals surface area contributed by atoms with E-state index < -0.39 is 17.8 Å². The van der Waals surface area contributed by atoms with Crippen molar-refractivity contribution in [1.29, 1.82) is 0 Å². The molecule has 24 heavy (non-hydrogen) atoms. The molecular formula is C16H16ClNO6. The first kappa shape index (κ1) is 17.8. The van der Waals surface area contributed by atoms with Crippen LogP contribution < -0.4 is 0 Å². The van der Waals surface area contributed by atoms with Gasteiger partial charge < -0.3 is 14.2 Å². The van der Waals surface area contributed by atoms with Crippen LogP contribution in [0.25, 0.3) is 5.70 Å². The monoisotopic (exact) mass is 353 g/mol. The Morgan fingerprint density at radius 3 is 2.58 bits per heavy atom. The molecule has 0 aromatic heterocycles. The number of hydrogen-bond acceptors (Lipinski definition) is 6. The Kier molecular flexibility index (Phi) is 5.81. The van der Waals surface area contributed by atoms with Crippen molar-refractivity contribution in [2.75, 3.05) is 26.3 Å². The maximum Gasteiger partial charge on any atom is 0.338 e. The average Bonchev–Trinajstić information content (AvgIpc) is 2.60. The van der Waals surface area contributed by atoms with E-state index in [4.69, 9.17) is 25.8 Å². The minimum absolute atomic E-state index is 0.00866. The molecule has 1 aliphatic heterocycles. The van der Waals surface area contributed by atoms with Gasteiger partial charge in [0, 0.05) is 5.56 Å². The SMILES string of the molecule is CCOC(=O)CN1C(=O)C(OCCl)=C1c1ccccc1C(=O)OC. The zero-order chi connectivity index (χ0) is 17.7. The van der Waals surface area contributed by atoms with Crippen molar-refractivity contribution in [1.82, 2.24) is 4.90 Å². The molecule has 1 amide bonds. The molecule has 1 aromatic carbocycles. The van der Waals surface area contributed by atoms with Gasteiger partial charge in [-0.15, -0.1) is 0 Å². The second-order valence-corrected chi connectivity index (χ2v) is 4.88. The number of ether oxygens (including phenoxy) is 3. The summed E-state index contributed by atoms with van der Waals surface area (Å²) in [5.74, 6) is -1.65. The van der Waals surface area contributed by atoms with E-state index in [1.807, 2.05) is 0 Å². The number of alkyl halides is 1. The molecule has 0 spiro atoms. The predicted molar refractivity (Wildman–Crippen MR) is 84.9 cm³/mol. The molecule has 8 heteroatoms. The number of amides is 1. The first-order valence-corrected chi connectivity index (χ1v) is 7.66. The fraction of sp³-hybridized carbons (Fsp3) is 0.312. The molecular weight excluding hydrogens is 338 g/mol. The highest BCUT2D eigenvalue weighted by molar-refractivity contribution is 6.18. The number of hydrogen-bond donors (Lipinski definition) is 0. The van der Waals surface area contributed by atoms with Gasteiger partial charge in [-0.25, -0.2) is 4.79 Å². The van der Waals surface area contributed by atoms with Gasteiger partial charge in [-0.1, -0.05) is 29.8 Å². The van der Waals surface area contributed by atoms with Crippen LogP contribution in [-0.4, -0.2) is 49.1 Å². The van der Waals surface area contributed by atoms with Gasteiger partial charge in [-0.2, -0.15) is 0 Å². The second kappa shape index (κ2) is 7.83. The number of methoxy groups -OCH3 is 1. The number of nitrogens with zero attached hydrogens (tertiary/aromatic N) is 1. The third-order valence-electron chi connectivity index (χ3n) is 3.30. The Labute approximate surface area is 143 Å². The Balaban J connectivity index is 2.45. The van der Waals surface area contributed by atoms with Crippen LogP contribution in [0, 0.1) is 0 Å². The fourth-order valence-electron chi connectivity index (χ4n) is 2.31. The molecule has 2 rings (SSSR count). The third kappa shape index (κ3) is 3.35. The smallest absolute Gasteiger partial charge is 0.338 e. The maximum atomic E-state index is 12.2. The Morgan fingerprint density at radius 1 is 1.25 bits per heavy atom. The van der Waals surface area contributed by atoms with E-state index in [1.165, 1.54) is 12.0 Å². The molecule has 1 aliphatic rings. The van der Waals surface area contributed by atoms with Gasteiger partial charge in [0.1, 0.15) is 12.2 Å². The lowest BCUT2D eigenvalue weighted by Gasteiger charge is -2.35. The number of halogens is 1. The van der Waals surface area contributed by atoms with E-state index in [9.17, 15) is 14.4 Å². The topological polar surface area (TPSA) is 82.1 Å². The van der Waals surface area contributed by atoms with Gasteiger partial charge in [-0.05, 0) is 13.0 Å². The van der Waals surface area contributed by atoms with Crippen molar-refractivity contribution in [2.24, 2.45) is 0 Å². The quantitative estimate of drug-likeness (QED) is 0.548. The molecule has 1 aromatic rings. The van der Waals surface area contributed by atoms with Gasteiger partial charge in [0.2, 0.25) is 5.76 Å². The van der Waals surface area contributed by atoms with Crippen molar-refractivity contribution >= 4 is 35.1 Å². The van der Waals surface area contributed by atoms with Gasteiger partial charge in [0.25, 0.3) is 5.91 Å². The first-order valence-electron chi connectivity index (χ1n) is 7.13. The number of carbonyl (C=O) groups excluding carboxylic acids is 3.